The smallest absolute Gasteiger partial charge is 0.234 e. The molecule has 0 unspecified atom stereocenters. The molecule has 25 heavy (non-hydrogen) atoms. The summed E-state index contributed by atoms with van der Waals surface area (Å²) in [6.45, 7) is 0.687. The molecule has 0 saturated carbocycles. The first kappa shape index (κ1) is 15.9. The average molecular weight is 358 g/mol. The summed E-state index contributed by atoms with van der Waals surface area (Å²) in [6, 6.07) is 10.2. The van der Waals surface area contributed by atoms with Crippen LogP contribution >= 0.6 is 11.8 Å². The van der Waals surface area contributed by atoms with E-state index in [9.17, 15) is 9.18 Å². The monoisotopic (exact) mass is 358 g/mol. The van der Waals surface area contributed by atoms with E-state index in [1.807, 2.05) is 6.07 Å². The predicted molar refractivity (Wildman–Crippen MR) is 90.0 cm³/mol. The van der Waals surface area contributed by atoms with Gasteiger partial charge in [0.25, 0.3) is 0 Å². The molecule has 0 radical (unpaired) electrons. The first-order valence-corrected chi connectivity index (χ1v) is 8.82. The number of aromatic nitrogens is 3. The molecule has 3 aromatic rings. The van der Waals surface area contributed by atoms with Crippen molar-refractivity contribution in [1.82, 2.24) is 19.9 Å². The van der Waals surface area contributed by atoms with E-state index in [0.717, 1.165) is 5.76 Å². The number of halogens is 1. The van der Waals surface area contributed by atoms with Gasteiger partial charge in [0.1, 0.15) is 22.6 Å². The first-order chi connectivity index (χ1) is 12.2. The number of hydrogen-bond acceptors (Lipinski definition) is 5. The third-order valence-electron chi connectivity index (χ3n) is 3.97. The summed E-state index contributed by atoms with van der Waals surface area (Å²) >= 11 is 1.50. The highest BCUT2D eigenvalue weighted by molar-refractivity contribution is 8.00. The molecule has 8 heteroatoms. The number of furan rings is 1. The predicted octanol–water partition coefficient (Wildman–Crippen LogP) is 2.83. The van der Waals surface area contributed by atoms with Crippen molar-refractivity contribution in [2.45, 2.75) is 18.5 Å². The Kier molecular flexibility index (Phi) is 4.27. The second-order valence-corrected chi connectivity index (χ2v) is 6.77. The fourth-order valence-electron chi connectivity index (χ4n) is 2.75. The van der Waals surface area contributed by atoms with Crippen molar-refractivity contribution in [3.8, 4) is 0 Å². The fraction of sp³-hybridized carbons (Fsp3) is 0.235. The number of nitrogens with zero attached hydrogens (tertiary/aromatic N) is 4. The normalized spacial score (nSPS) is 17.4. The van der Waals surface area contributed by atoms with Crippen molar-refractivity contribution in [1.29, 1.82) is 0 Å². The van der Waals surface area contributed by atoms with Crippen LogP contribution in [0.15, 0.2) is 53.3 Å². The minimum absolute atomic E-state index is 0.0371. The fourth-order valence-corrected chi connectivity index (χ4v) is 3.86. The summed E-state index contributed by atoms with van der Waals surface area (Å²) < 4.78 is 20.7. The van der Waals surface area contributed by atoms with E-state index in [0.29, 0.717) is 30.1 Å². The molecule has 1 aliphatic heterocycles. The second-order valence-electron chi connectivity index (χ2n) is 5.70. The molecule has 1 fully saturated rings. The number of rotatable bonds is 5. The van der Waals surface area contributed by atoms with Crippen LogP contribution in [0.3, 0.4) is 0 Å². The topological polar surface area (TPSA) is 64.2 Å². The average Bonchev–Trinajstić information content (AvgIpc) is 3.34. The van der Waals surface area contributed by atoms with Gasteiger partial charge in [0.15, 0.2) is 0 Å². The maximum absolute atomic E-state index is 13.8. The lowest BCUT2D eigenvalue weighted by molar-refractivity contribution is -0.128. The Bertz CT molecular complexity index is 880. The van der Waals surface area contributed by atoms with E-state index in [1.54, 1.807) is 46.3 Å². The van der Waals surface area contributed by atoms with Crippen LogP contribution in [0.2, 0.25) is 0 Å². The van der Waals surface area contributed by atoms with Crippen LogP contribution in [0.4, 0.5) is 4.39 Å². The minimum Gasteiger partial charge on any atom is -0.467 e. The number of carbonyl (C=O) groups excluding carboxylic acids is 1. The number of hydrogen-bond donors (Lipinski definition) is 0. The van der Waals surface area contributed by atoms with Crippen LogP contribution in [0.25, 0.3) is 0 Å². The lowest BCUT2D eigenvalue weighted by Crippen LogP contribution is -2.27. The highest BCUT2D eigenvalue weighted by atomic mass is 32.2. The van der Waals surface area contributed by atoms with E-state index in [2.05, 4.69) is 10.3 Å². The van der Waals surface area contributed by atoms with Gasteiger partial charge in [-0.1, -0.05) is 23.4 Å². The van der Waals surface area contributed by atoms with E-state index < -0.39 is 0 Å². The Morgan fingerprint density at radius 3 is 2.92 bits per heavy atom. The van der Waals surface area contributed by atoms with Gasteiger partial charge in [-0.05, 0) is 18.2 Å². The van der Waals surface area contributed by atoms with Gasteiger partial charge in [-0.15, -0.1) is 16.9 Å². The largest absolute Gasteiger partial charge is 0.467 e. The van der Waals surface area contributed by atoms with E-state index >= 15 is 0 Å². The molecule has 0 bridgehead atoms. The van der Waals surface area contributed by atoms with Crippen LogP contribution in [0.1, 0.15) is 22.4 Å². The standard InChI is InChI=1S/C17H15FN4O2S/c18-14-6-2-1-4-12(14)8-21-10-15(19-20-21)17-22(16(23)11-25-17)9-13-5-3-7-24-13/h1-7,10,17H,8-9,11H2/t17-/m1/s1. The van der Waals surface area contributed by atoms with Gasteiger partial charge in [-0.25, -0.2) is 9.07 Å². The van der Waals surface area contributed by atoms with Crippen LogP contribution in [0.5, 0.6) is 0 Å². The summed E-state index contributed by atoms with van der Waals surface area (Å²) in [6.07, 6.45) is 3.35. The summed E-state index contributed by atoms with van der Waals surface area (Å²) in [5.41, 5.74) is 1.22. The Hall–Kier alpha value is -2.61. The molecule has 4 rings (SSSR count). The van der Waals surface area contributed by atoms with Crippen molar-refractivity contribution >= 4 is 17.7 Å². The number of carbonyl (C=O) groups is 1. The Balaban J connectivity index is 1.52. The van der Waals surface area contributed by atoms with Gasteiger partial charge in [0.2, 0.25) is 5.91 Å². The zero-order valence-corrected chi connectivity index (χ0v) is 14.0. The van der Waals surface area contributed by atoms with Crippen molar-refractivity contribution in [3.05, 3.63) is 71.7 Å². The summed E-state index contributed by atoms with van der Waals surface area (Å²) in [4.78, 5) is 13.9. The summed E-state index contributed by atoms with van der Waals surface area (Å²) in [7, 11) is 0. The molecular formula is C17H15FN4O2S. The molecular weight excluding hydrogens is 343 g/mol. The molecule has 1 aliphatic rings. The molecule has 1 amide bonds. The molecule has 1 aromatic carbocycles. The SMILES string of the molecule is O=C1CS[C@H](c2cn(Cc3ccccc3F)nn2)N1Cc1ccco1. The van der Waals surface area contributed by atoms with Gasteiger partial charge in [-0.2, -0.15) is 0 Å². The lowest BCUT2D eigenvalue weighted by atomic mass is 10.2. The quantitative estimate of drug-likeness (QED) is 0.702. The highest BCUT2D eigenvalue weighted by Gasteiger charge is 2.35. The van der Waals surface area contributed by atoms with Crippen molar-refractivity contribution < 1.29 is 13.6 Å². The van der Waals surface area contributed by atoms with Crippen LogP contribution in [-0.2, 0) is 17.9 Å². The van der Waals surface area contributed by atoms with Gasteiger partial charge in [0, 0.05) is 5.56 Å². The van der Waals surface area contributed by atoms with E-state index in [-0.39, 0.29) is 17.1 Å². The first-order valence-electron chi connectivity index (χ1n) is 7.77. The Labute approximate surface area is 147 Å². The van der Waals surface area contributed by atoms with E-state index in [1.165, 1.54) is 17.8 Å². The van der Waals surface area contributed by atoms with Crippen LogP contribution in [0, 0.1) is 5.82 Å². The molecule has 0 spiro atoms. The van der Waals surface area contributed by atoms with Crippen molar-refractivity contribution in [2.75, 3.05) is 5.75 Å². The summed E-state index contributed by atoms with van der Waals surface area (Å²) in [5.74, 6) is 0.880. The van der Waals surface area contributed by atoms with Gasteiger partial charge < -0.3 is 9.32 Å². The summed E-state index contributed by atoms with van der Waals surface area (Å²) in [5, 5.41) is 8.05. The van der Waals surface area contributed by atoms with Gasteiger partial charge >= 0.3 is 0 Å². The van der Waals surface area contributed by atoms with E-state index in [4.69, 9.17) is 4.42 Å². The molecule has 3 heterocycles. The zero-order chi connectivity index (χ0) is 17.2. The Morgan fingerprint density at radius 1 is 1.24 bits per heavy atom. The zero-order valence-electron chi connectivity index (χ0n) is 13.2. The number of thioether (sulfide) groups is 1. The molecule has 128 valence electrons. The molecule has 2 aromatic heterocycles. The molecule has 1 saturated heterocycles. The molecule has 0 N–H and O–H groups in total. The van der Waals surface area contributed by atoms with Gasteiger partial charge in [0.05, 0.1) is 31.3 Å². The molecule has 6 nitrogen and oxygen atoms in total. The van der Waals surface area contributed by atoms with Crippen molar-refractivity contribution in [3.63, 3.8) is 0 Å². The minimum atomic E-state index is -0.274. The van der Waals surface area contributed by atoms with Crippen LogP contribution < -0.4 is 0 Å². The Morgan fingerprint density at radius 2 is 2.12 bits per heavy atom. The molecule has 0 aliphatic carbocycles. The van der Waals surface area contributed by atoms with Gasteiger partial charge in [-0.3, -0.25) is 4.79 Å². The maximum Gasteiger partial charge on any atom is 0.234 e. The third-order valence-corrected chi connectivity index (χ3v) is 5.20. The van der Waals surface area contributed by atoms with Crippen molar-refractivity contribution in [2.24, 2.45) is 0 Å². The third kappa shape index (κ3) is 3.30. The number of benzene rings is 1. The second kappa shape index (κ2) is 6.72. The molecule has 1 atom stereocenters. The maximum atomic E-state index is 13.8. The highest BCUT2D eigenvalue weighted by Crippen LogP contribution is 2.38. The lowest BCUT2D eigenvalue weighted by Gasteiger charge is -2.20. The number of amides is 1. The van der Waals surface area contributed by atoms with Crippen LogP contribution in [-0.4, -0.2) is 31.6 Å².